The molecule has 7 nitrogen and oxygen atoms in total. The topological polar surface area (TPSA) is 93.2 Å². The molecule has 0 radical (unpaired) electrons. The highest BCUT2D eigenvalue weighted by molar-refractivity contribution is 6.31. The molecule has 0 saturated carbocycles. The number of halogens is 1. The summed E-state index contributed by atoms with van der Waals surface area (Å²) >= 11 is 6.19. The maximum absolute atomic E-state index is 13.8. The highest BCUT2D eigenvalue weighted by atomic mass is 35.5. The molecule has 2 aromatic carbocycles. The molecule has 0 spiro atoms. The number of pyridine rings is 2. The van der Waals surface area contributed by atoms with Crippen LogP contribution in [0.4, 0.5) is 5.69 Å². The zero-order valence-corrected chi connectivity index (χ0v) is 18.6. The number of benzene rings is 2. The lowest BCUT2D eigenvalue weighted by Gasteiger charge is -2.19. The first kappa shape index (κ1) is 21.6. The molecule has 8 heteroatoms. The number of anilines is 1. The summed E-state index contributed by atoms with van der Waals surface area (Å²) < 4.78 is 6.06. The van der Waals surface area contributed by atoms with Crippen molar-refractivity contribution in [1.82, 2.24) is 15.3 Å². The summed E-state index contributed by atoms with van der Waals surface area (Å²) in [6.07, 6.45) is 4.83. The van der Waals surface area contributed by atoms with Crippen LogP contribution in [0.5, 0.6) is 11.5 Å². The van der Waals surface area contributed by atoms with Crippen LogP contribution in [0.25, 0.3) is 0 Å². The number of carbonyl (C=O) groups excluding carboxylic acids is 2. The average Bonchev–Trinajstić information content (AvgIpc) is 3.04. The number of ketones is 1. The number of nitrogens with zero attached hydrogens (tertiary/aromatic N) is 2. The predicted molar refractivity (Wildman–Crippen MR) is 128 cm³/mol. The molecule has 1 aliphatic rings. The molecule has 2 aromatic heterocycles. The van der Waals surface area contributed by atoms with Gasteiger partial charge in [0.05, 0.1) is 11.3 Å². The fourth-order valence-corrected chi connectivity index (χ4v) is 3.95. The third-order valence-electron chi connectivity index (χ3n) is 5.42. The molecular formula is C26H19ClN4O3. The predicted octanol–water partition coefficient (Wildman–Crippen LogP) is 5.20. The summed E-state index contributed by atoms with van der Waals surface area (Å²) in [4.78, 5) is 35.1. The van der Waals surface area contributed by atoms with Gasteiger partial charge in [0.15, 0.2) is 5.75 Å². The van der Waals surface area contributed by atoms with Crippen molar-refractivity contribution in [1.29, 1.82) is 0 Å². The van der Waals surface area contributed by atoms with E-state index in [1.165, 1.54) is 6.20 Å². The fraction of sp³-hybridized carbons (Fsp3) is 0.0769. The van der Waals surface area contributed by atoms with Crippen molar-refractivity contribution in [3.05, 3.63) is 113 Å². The third kappa shape index (κ3) is 4.33. The molecule has 3 heterocycles. The number of hydrogen-bond donors (Lipinski definition) is 2. The van der Waals surface area contributed by atoms with E-state index in [0.717, 1.165) is 5.56 Å². The van der Waals surface area contributed by atoms with Crippen molar-refractivity contribution in [2.45, 2.75) is 12.6 Å². The van der Waals surface area contributed by atoms with E-state index in [1.54, 1.807) is 54.9 Å². The Morgan fingerprint density at radius 2 is 1.85 bits per heavy atom. The Balaban J connectivity index is 1.49. The van der Waals surface area contributed by atoms with E-state index < -0.39 is 11.9 Å². The smallest absolute Gasteiger partial charge is 0.253 e. The van der Waals surface area contributed by atoms with Crippen LogP contribution in [0.2, 0.25) is 5.02 Å². The van der Waals surface area contributed by atoms with Crippen molar-refractivity contribution < 1.29 is 14.3 Å². The van der Waals surface area contributed by atoms with Gasteiger partial charge in [0.1, 0.15) is 17.5 Å². The summed E-state index contributed by atoms with van der Waals surface area (Å²) in [5, 5.41) is 6.57. The van der Waals surface area contributed by atoms with Gasteiger partial charge in [-0.05, 0) is 48.0 Å². The molecule has 1 amide bonds. The van der Waals surface area contributed by atoms with Crippen LogP contribution in [0.3, 0.4) is 0 Å². The van der Waals surface area contributed by atoms with E-state index in [1.807, 2.05) is 24.3 Å². The zero-order chi connectivity index (χ0) is 23.5. The van der Waals surface area contributed by atoms with Crippen LogP contribution in [0, 0.1) is 0 Å². The van der Waals surface area contributed by atoms with Gasteiger partial charge in [-0.2, -0.15) is 0 Å². The summed E-state index contributed by atoms with van der Waals surface area (Å²) in [5.41, 5.74) is 2.29. The first-order valence-electron chi connectivity index (χ1n) is 10.6. The largest absolute Gasteiger partial charge is 0.455 e. The van der Waals surface area contributed by atoms with Crippen molar-refractivity contribution >= 4 is 29.0 Å². The average molecular weight is 471 g/mol. The van der Waals surface area contributed by atoms with E-state index in [2.05, 4.69) is 20.6 Å². The number of Topliss-reactive ketones (excluding diaryl/α,β-unsaturated/α-hetero) is 1. The van der Waals surface area contributed by atoms with Gasteiger partial charge in [0, 0.05) is 35.7 Å². The van der Waals surface area contributed by atoms with Gasteiger partial charge in [-0.1, -0.05) is 35.9 Å². The maximum Gasteiger partial charge on any atom is 0.253 e. The van der Waals surface area contributed by atoms with Gasteiger partial charge in [0.2, 0.25) is 5.78 Å². The minimum Gasteiger partial charge on any atom is -0.455 e. The minimum absolute atomic E-state index is 0.0592. The monoisotopic (exact) mass is 470 g/mol. The number of rotatable bonds is 5. The van der Waals surface area contributed by atoms with E-state index in [4.69, 9.17) is 16.3 Å². The third-order valence-corrected chi connectivity index (χ3v) is 5.65. The summed E-state index contributed by atoms with van der Waals surface area (Å²) in [7, 11) is 0. The molecule has 1 aliphatic heterocycles. The summed E-state index contributed by atoms with van der Waals surface area (Å²) in [6, 6.07) is 18.4. The lowest BCUT2D eigenvalue weighted by Crippen LogP contribution is -2.28. The fourth-order valence-electron chi connectivity index (χ4n) is 3.78. The Kier molecular flexibility index (Phi) is 5.93. The molecule has 0 bridgehead atoms. The van der Waals surface area contributed by atoms with Gasteiger partial charge >= 0.3 is 0 Å². The first-order chi connectivity index (χ1) is 16.6. The van der Waals surface area contributed by atoms with Crippen LogP contribution in [0.15, 0.2) is 85.3 Å². The second kappa shape index (κ2) is 9.33. The molecule has 2 N–H and O–H groups in total. The Labute approximate surface area is 200 Å². The summed E-state index contributed by atoms with van der Waals surface area (Å²) in [5.74, 6) is 0.313. The number of ether oxygens (including phenoxy) is 1. The van der Waals surface area contributed by atoms with Crippen LogP contribution < -0.4 is 15.4 Å². The SMILES string of the molecule is O=C(NCc1cccnc1)c1cccnc1C(=O)C1Nc2cc(Cl)ccc2Oc2ccccc21. The normalized spacial score (nSPS) is 14.0. The van der Waals surface area contributed by atoms with Gasteiger partial charge in [-0.25, -0.2) is 0 Å². The quantitative estimate of drug-likeness (QED) is 0.389. The number of amides is 1. The van der Waals surface area contributed by atoms with Gasteiger partial charge in [-0.15, -0.1) is 0 Å². The second-order valence-corrected chi connectivity index (χ2v) is 8.10. The number of fused-ring (bicyclic) bond motifs is 2. The standard InChI is InChI=1S/C26H19ClN4O3/c27-17-9-10-22-20(13-17)31-24(18-6-1-2-8-21(18)34-22)25(32)23-19(7-4-12-29-23)26(33)30-15-16-5-3-11-28-14-16/h1-14,24,31H,15H2,(H,30,33). The molecule has 5 rings (SSSR count). The van der Waals surface area contributed by atoms with Gasteiger partial charge < -0.3 is 15.4 Å². The molecule has 1 atom stereocenters. The molecule has 4 aromatic rings. The minimum atomic E-state index is -0.837. The lowest BCUT2D eigenvalue weighted by molar-refractivity contribution is 0.0921. The number of carbonyl (C=O) groups is 2. The van der Waals surface area contributed by atoms with Crippen molar-refractivity contribution in [3.63, 3.8) is 0 Å². The molecule has 34 heavy (non-hydrogen) atoms. The van der Waals surface area contributed by atoms with Crippen LogP contribution in [-0.4, -0.2) is 21.7 Å². The Bertz CT molecular complexity index is 1380. The highest BCUT2D eigenvalue weighted by Crippen LogP contribution is 2.42. The second-order valence-electron chi connectivity index (χ2n) is 7.67. The van der Waals surface area contributed by atoms with Gasteiger partial charge in [0.25, 0.3) is 5.91 Å². The van der Waals surface area contributed by atoms with Crippen LogP contribution >= 0.6 is 11.6 Å². The maximum atomic E-state index is 13.8. The van der Waals surface area contributed by atoms with Crippen molar-refractivity contribution in [3.8, 4) is 11.5 Å². The first-order valence-corrected chi connectivity index (χ1v) is 11.0. The van der Waals surface area contributed by atoms with Gasteiger partial charge in [-0.3, -0.25) is 19.6 Å². The zero-order valence-electron chi connectivity index (χ0n) is 17.9. The van der Waals surface area contributed by atoms with E-state index in [9.17, 15) is 9.59 Å². The Morgan fingerprint density at radius 3 is 2.71 bits per heavy atom. The van der Waals surface area contributed by atoms with Crippen LogP contribution in [0.1, 0.15) is 38.0 Å². The molecule has 0 aliphatic carbocycles. The van der Waals surface area contributed by atoms with Crippen molar-refractivity contribution in [2.24, 2.45) is 0 Å². The number of hydrogen-bond acceptors (Lipinski definition) is 6. The van der Waals surface area contributed by atoms with E-state index in [-0.39, 0.29) is 23.6 Å². The Morgan fingerprint density at radius 1 is 1.00 bits per heavy atom. The Hall–Kier alpha value is -4.23. The van der Waals surface area contributed by atoms with E-state index >= 15 is 0 Å². The molecule has 168 valence electrons. The number of aromatic nitrogens is 2. The lowest BCUT2D eigenvalue weighted by atomic mass is 9.96. The summed E-state index contributed by atoms with van der Waals surface area (Å²) in [6.45, 7) is 0.277. The molecule has 0 saturated heterocycles. The highest BCUT2D eigenvalue weighted by Gasteiger charge is 2.32. The van der Waals surface area contributed by atoms with E-state index in [0.29, 0.717) is 27.8 Å². The molecule has 0 fully saturated rings. The number of nitrogens with one attached hydrogen (secondary N) is 2. The molecular weight excluding hydrogens is 452 g/mol. The van der Waals surface area contributed by atoms with Crippen molar-refractivity contribution in [2.75, 3.05) is 5.32 Å². The number of para-hydroxylation sites is 1. The molecule has 1 unspecified atom stereocenters. The van der Waals surface area contributed by atoms with Crippen LogP contribution in [-0.2, 0) is 6.54 Å².